The number of rotatable bonds is 4. The molecule has 0 bridgehead atoms. The Morgan fingerprint density at radius 3 is 2.67 bits per heavy atom. The Kier molecular flexibility index (Phi) is 4.53. The van der Waals surface area contributed by atoms with Crippen LogP contribution in [0, 0.1) is 5.82 Å². The Bertz CT molecular complexity index is 537. The molecular weight excluding hydrogens is 295 g/mol. The summed E-state index contributed by atoms with van der Waals surface area (Å²) in [5, 5.41) is 0. The van der Waals surface area contributed by atoms with Crippen LogP contribution >= 0.6 is 15.9 Å². The van der Waals surface area contributed by atoms with Crippen LogP contribution in [-0.2, 0) is 0 Å². The molecule has 0 unspecified atom stereocenters. The highest BCUT2D eigenvalue weighted by atomic mass is 79.9. The van der Waals surface area contributed by atoms with Crippen molar-refractivity contribution in [3.05, 3.63) is 70.5 Å². The van der Waals surface area contributed by atoms with Gasteiger partial charge in [0, 0.05) is 6.07 Å². The third-order valence-corrected chi connectivity index (χ3v) is 2.99. The van der Waals surface area contributed by atoms with E-state index < -0.39 is 0 Å². The van der Waals surface area contributed by atoms with Crippen LogP contribution in [0.5, 0.6) is 5.75 Å². The lowest BCUT2D eigenvalue weighted by atomic mass is 10.2. The van der Waals surface area contributed by atoms with Gasteiger partial charge in [-0.15, -0.1) is 0 Å². The molecule has 0 saturated heterocycles. The van der Waals surface area contributed by atoms with Crippen LogP contribution in [0.3, 0.4) is 0 Å². The smallest absolute Gasteiger partial charge is 0.136 e. The van der Waals surface area contributed by atoms with Crippen molar-refractivity contribution in [3.8, 4) is 5.75 Å². The molecule has 1 nitrogen and oxygen atoms in total. The van der Waals surface area contributed by atoms with Gasteiger partial charge in [-0.2, -0.15) is 0 Å². The van der Waals surface area contributed by atoms with Crippen LogP contribution < -0.4 is 4.74 Å². The maximum Gasteiger partial charge on any atom is 0.136 e. The van der Waals surface area contributed by atoms with Gasteiger partial charge in [0.1, 0.15) is 18.2 Å². The van der Waals surface area contributed by atoms with Crippen molar-refractivity contribution < 1.29 is 9.13 Å². The van der Waals surface area contributed by atoms with Crippen LogP contribution in [-0.4, -0.2) is 6.61 Å². The highest BCUT2D eigenvalue weighted by molar-refractivity contribution is 9.10. The van der Waals surface area contributed by atoms with E-state index in [1.807, 2.05) is 42.5 Å². The summed E-state index contributed by atoms with van der Waals surface area (Å²) < 4.78 is 19.2. The van der Waals surface area contributed by atoms with E-state index in [-0.39, 0.29) is 5.82 Å². The van der Waals surface area contributed by atoms with Gasteiger partial charge in [0.2, 0.25) is 0 Å². The highest BCUT2D eigenvalue weighted by Crippen LogP contribution is 2.25. The Balaban J connectivity index is 1.92. The van der Waals surface area contributed by atoms with Crippen molar-refractivity contribution in [2.75, 3.05) is 6.61 Å². The molecule has 0 aromatic heterocycles. The minimum Gasteiger partial charge on any atom is -0.488 e. The van der Waals surface area contributed by atoms with Gasteiger partial charge in [-0.1, -0.05) is 36.4 Å². The summed E-state index contributed by atoms with van der Waals surface area (Å²) in [5.74, 6) is 0.202. The zero-order valence-corrected chi connectivity index (χ0v) is 11.2. The minimum atomic E-state index is -0.305. The molecule has 0 amide bonds. The molecule has 0 N–H and O–H groups in total. The molecule has 2 rings (SSSR count). The van der Waals surface area contributed by atoms with Gasteiger partial charge >= 0.3 is 0 Å². The molecule has 92 valence electrons. The molecule has 2 aromatic carbocycles. The summed E-state index contributed by atoms with van der Waals surface area (Å²) in [6.45, 7) is 0.400. The van der Waals surface area contributed by atoms with Gasteiger partial charge in [0.15, 0.2) is 0 Å². The predicted molar refractivity (Wildman–Crippen MR) is 75.1 cm³/mol. The highest BCUT2D eigenvalue weighted by Gasteiger charge is 2.01. The zero-order valence-electron chi connectivity index (χ0n) is 9.64. The maximum atomic E-state index is 13.0. The largest absolute Gasteiger partial charge is 0.488 e. The van der Waals surface area contributed by atoms with Crippen LogP contribution in [0.25, 0.3) is 6.08 Å². The average Bonchev–Trinajstić information content (AvgIpc) is 2.40. The molecule has 0 heterocycles. The van der Waals surface area contributed by atoms with E-state index >= 15 is 0 Å². The standard InChI is InChI=1S/C15H12BrFO/c16-14-9-8-13(17)11-15(14)18-10-4-7-12-5-2-1-3-6-12/h1-9,11H,10H2/b7-4+. The van der Waals surface area contributed by atoms with E-state index in [9.17, 15) is 4.39 Å². The molecule has 0 fully saturated rings. The maximum absolute atomic E-state index is 13.0. The average molecular weight is 307 g/mol. The molecule has 0 atom stereocenters. The Labute approximate surface area is 114 Å². The van der Waals surface area contributed by atoms with E-state index in [1.165, 1.54) is 12.1 Å². The first-order valence-corrected chi connectivity index (χ1v) is 6.34. The van der Waals surface area contributed by atoms with Crippen molar-refractivity contribution in [2.45, 2.75) is 0 Å². The van der Waals surface area contributed by atoms with E-state index in [0.717, 1.165) is 10.0 Å². The molecule has 0 aliphatic rings. The first-order valence-electron chi connectivity index (χ1n) is 5.55. The molecule has 0 aliphatic heterocycles. The van der Waals surface area contributed by atoms with Crippen LogP contribution in [0.2, 0.25) is 0 Å². The molecule has 18 heavy (non-hydrogen) atoms. The third kappa shape index (κ3) is 3.70. The lowest BCUT2D eigenvalue weighted by Gasteiger charge is -2.05. The molecule has 3 heteroatoms. The molecule has 0 radical (unpaired) electrons. The van der Waals surface area contributed by atoms with Crippen molar-refractivity contribution in [3.63, 3.8) is 0 Å². The summed E-state index contributed by atoms with van der Waals surface area (Å²) in [4.78, 5) is 0. The topological polar surface area (TPSA) is 9.23 Å². The van der Waals surface area contributed by atoms with Crippen LogP contribution in [0.1, 0.15) is 5.56 Å². The van der Waals surface area contributed by atoms with Gasteiger partial charge < -0.3 is 4.74 Å². The second kappa shape index (κ2) is 6.36. The predicted octanol–water partition coefficient (Wildman–Crippen LogP) is 4.68. The van der Waals surface area contributed by atoms with E-state index in [4.69, 9.17) is 4.74 Å². The van der Waals surface area contributed by atoms with E-state index in [1.54, 1.807) is 6.07 Å². The minimum absolute atomic E-state index is 0.305. The molecule has 0 spiro atoms. The fourth-order valence-electron chi connectivity index (χ4n) is 1.47. The zero-order chi connectivity index (χ0) is 12.8. The second-order valence-corrected chi connectivity index (χ2v) is 4.55. The Hall–Kier alpha value is -1.61. The molecule has 0 saturated carbocycles. The monoisotopic (exact) mass is 306 g/mol. The quantitative estimate of drug-likeness (QED) is 0.797. The van der Waals surface area contributed by atoms with Crippen molar-refractivity contribution in [1.82, 2.24) is 0 Å². The Morgan fingerprint density at radius 2 is 1.89 bits per heavy atom. The van der Waals surface area contributed by atoms with E-state index in [2.05, 4.69) is 15.9 Å². The number of hydrogen-bond acceptors (Lipinski definition) is 1. The van der Waals surface area contributed by atoms with Crippen molar-refractivity contribution in [1.29, 1.82) is 0 Å². The van der Waals surface area contributed by atoms with Crippen LogP contribution in [0.15, 0.2) is 59.1 Å². The van der Waals surface area contributed by atoms with Gasteiger partial charge in [0.25, 0.3) is 0 Å². The van der Waals surface area contributed by atoms with Gasteiger partial charge in [-0.05, 0) is 39.7 Å². The fourth-order valence-corrected chi connectivity index (χ4v) is 1.84. The van der Waals surface area contributed by atoms with Crippen molar-refractivity contribution >= 4 is 22.0 Å². The summed E-state index contributed by atoms with van der Waals surface area (Å²) in [6.07, 6.45) is 3.86. The number of ether oxygens (including phenoxy) is 1. The molecular formula is C15H12BrFO. The van der Waals surface area contributed by atoms with Crippen molar-refractivity contribution in [2.24, 2.45) is 0 Å². The number of benzene rings is 2. The number of halogens is 2. The second-order valence-electron chi connectivity index (χ2n) is 3.70. The summed E-state index contributed by atoms with van der Waals surface area (Å²) in [7, 11) is 0. The first kappa shape index (κ1) is 12.8. The molecule has 0 aliphatic carbocycles. The molecule has 2 aromatic rings. The lowest BCUT2D eigenvalue weighted by molar-refractivity contribution is 0.359. The summed E-state index contributed by atoms with van der Waals surface area (Å²) in [5.41, 5.74) is 1.11. The number of hydrogen-bond donors (Lipinski definition) is 0. The normalized spacial score (nSPS) is 10.8. The van der Waals surface area contributed by atoms with Gasteiger partial charge in [-0.3, -0.25) is 0 Å². The summed E-state index contributed by atoms with van der Waals surface area (Å²) >= 11 is 3.31. The SMILES string of the molecule is Fc1ccc(Br)c(OC/C=C/c2ccccc2)c1. The fraction of sp³-hybridized carbons (Fsp3) is 0.0667. The van der Waals surface area contributed by atoms with Gasteiger partial charge in [0.05, 0.1) is 4.47 Å². The third-order valence-electron chi connectivity index (χ3n) is 2.34. The van der Waals surface area contributed by atoms with Crippen LogP contribution in [0.4, 0.5) is 4.39 Å². The Morgan fingerprint density at radius 1 is 1.11 bits per heavy atom. The van der Waals surface area contributed by atoms with Gasteiger partial charge in [-0.25, -0.2) is 4.39 Å². The lowest BCUT2D eigenvalue weighted by Crippen LogP contribution is -1.94. The first-order chi connectivity index (χ1) is 8.75. The van der Waals surface area contributed by atoms with E-state index in [0.29, 0.717) is 12.4 Å². The summed E-state index contributed by atoms with van der Waals surface area (Å²) in [6, 6.07) is 14.3.